The number of anilines is 2. The minimum absolute atomic E-state index is 0.0996. The average molecular weight is 524 g/mol. The molecule has 38 heavy (non-hydrogen) atoms. The van der Waals surface area contributed by atoms with Crippen LogP contribution in [0, 0.1) is 0 Å². The Hall–Kier alpha value is -3.56. The number of ether oxygens (including phenoxy) is 2. The summed E-state index contributed by atoms with van der Waals surface area (Å²) < 4.78 is 12.5. The molecule has 2 saturated carbocycles. The van der Waals surface area contributed by atoms with Crippen LogP contribution in [0.15, 0.2) is 30.3 Å². The summed E-state index contributed by atoms with van der Waals surface area (Å²) in [6.45, 7) is 9.08. The lowest BCUT2D eigenvalue weighted by Gasteiger charge is -2.22. The molecule has 204 valence electrons. The Balaban J connectivity index is 1.21. The number of nitrogens with one attached hydrogen (secondary N) is 2. The highest BCUT2D eigenvalue weighted by Crippen LogP contribution is 2.38. The summed E-state index contributed by atoms with van der Waals surface area (Å²) in [5.41, 5.74) is 2.07. The molecule has 0 bridgehead atoms. The zero-order chi connectivity index (χ0) is 27.1. The van der Waals surface area contributed by atoms with E-state index in [4.69, 9.17) is 14.6 Å². The van der Waals surface area contributed by atoms with Crippen molar-refractivity contribution in [2.75, 3.05) is 23.4 Å². The molecule has 1 saturated heterocycles. The quantitative estimate of drug-likeness (QED) is 0.544. The highest BCUT2D eigenvalue weighted by atomic mass is 16.6. The normalized spacial score (nSPS) is 22.2. The fraction of sp³-hybridized carbons (Fsp3) is 0.571. The number of carbonyl (C=O) groups is 3. The maximum absolute atomic E-state index is 13.0. The summed E-state index contributed by atoms with van der Waals surface area (Å²) in [6, 6.07) is 9.31. The lowest BCUT2D eigenvalue weighted by Crippen LogP contribution is -2.36. The Morgan fingerprint density at radius 2 is 1.92 bits per heavy atom. The number of nitrogens with zero attached hydrogens (tertiary/aromatic N) is 3. The van der Waals surface area contributed by atoms with Crippen molar-refractivity contribution in [3.8, 4) is 0 Å². The Morgan fingerprint density at radius 3 is 2.55 bits per heavy atom. The van der Waals surface area contributed by atoms with Crippen molar-refractivity contribution in [3.63, 3.8) is 0 Å². The Labute approximate surface area is 223 Å². The third-order valence-electron chi connectivity index (χ3n) is 7.49. The van der Waals surface area contributed by atoms with Gasteiger partial charge in [-0.25, -0.2) is 14.3 Å². The van der Waals surface area contributed by atoms with Crippen molar-refractivity contribution in [3.05, 3.63) is 41.6 Å². The molecule has 2 N–H and O–H groups in total. The second-order valence-electron chi connectivity index (χ2n) is 11.9. The van der Waals surface area contributed by atoms with Gasteiger partial charge < -0.3 is 20.1 Å². The second-order valence-corrected chi connectivity index (χ2v) is 11.9. The molecule has 1 aromatic heterocycles. The number of cyclic esters (lactones) is 1. The van der Waals surface area contributed by atoms with E-state index in [2.05, 4.69) is 10.6 Å². The number of aromatic nitrogens is 2. The average Bonchev–Trinajstić information content (AvgIpc) is 3.23. The van der Waals surface area contributed by atoms with Crippen LogP contribution < -0.4 is 15.5 Å². The number of hydrogen-bond acceptors (Lipinski definition) is 6. The Bertz CT molecular complexity index is 1210. The molecule has 2 atom stereocenters. The molecule has 2 aromatic rings. The molecule has 0 radical (unpaired) electrons. The lowest BCUT2D eigenvalue weighted by atomic mass is 10.0. The van der Waals surface area contributed by atoms with E-state index in [0.29, 0.717) is 19.0 Å². The fourth-order valence-corrected chi connectivity index (χ4v) is 5.05. The molecule has 1 aromatic carbocycles. The molecule has 5 rings (SSSR count). The highest BCUT2D eigenvalue weighted by Gasteiger charge is 2.40. The number of hydrogen-bond donors (Lipinski definition) is 2. The maximum atomic E-state index is 13.0. The molecular formula is C28H37N5O5. The van der Waals surface area contributed by atoms with Crippen LogP contribution in [0.2, 0.25) is 0 Å². The van der Waals surface area contributed by atoms with Crippen molar-refractivity contribution < 1.29 is 23.9 Å². The minimum atomic E-state index is -0.349. The zero-order valence-electron chi connectivity index (χ0n) is 22.6. The molecule has 2 aliphatic carbocycles. The first-order chi connectivity index (χ1) is 18.0. The third-order valence-corrected chi connectivity index (χ3v) is 7.49. The maximum Gasteiger partial charge on any atom is 0.414 e. The second kappa shape index (κ2) is 9.96. The van der Waals surface area contributed by atoms with Gasteiger partial charge in [0.25, 0.3) is 0 Å². The predicted octanol–water partition coefficient (Wildman–Crippen LogP) is 4.69. The molecule has 2 heterocycles. The predicted molar refractivity (Wildman–Crippen MR) is 142 cm³/mol. The van der Waals surface area contributed by atoms with Crippen LogP contribution >= 0.6 is 0 Å². The van der Waals surface area contributed by atoms with Crippen LogP contribution in [0.3, 0.4) is 0 Å². The molecule has 3 aliphatic rings. The SMILES string of the molecule is CC1(NC(=O)OC2CCC(c3cc(NC(=O)Cc4ccc(N5CCOC5=O)cc4)n(C(C)(C)C)n3)C2)CC1. The summed E-state index contributed by atoms with van der Waals surface area (Å²) in [5, 5.41) is 10.9. The fourth-order valence-electron chi connectivity index (χ4n) is 5.05. The topological polar surface area (TPSA) is 115 Å². The zero-order valence-corrected chi connectivity index (χ0v) is 22.6. The van der Waals surface area contributed by atoms with Crippen molar-refractivity contribution in [1.82, 2.24) is 15.1 Å². The van der Waals surface area contributed by atoms with Gasteiger partial charge in [0, 0.05) is 23.2 Å². The van der Waals surface area contributed by atoms with Gasteiger partial charge in [-0.1, -0.05) is 12.1 Å². The van der Waals surface area contributed by atoms with E-state index >= 15 is 0 Å². The van der Waals surface area contributed by atoms with E-state index in [1.807, 2.05) is 62.7 Å². The van der Waals surface area contributed by atoms with E-state index in [-0.39, 0.29) is 47.6 Å². The highest BCUT2D eigenvalue weighted by molar-refractivity contribution is 5.92. The Morgan fingerprint density at radius 1 is 1.18 bits per heavy atom. The first kappa shape index (κ1) is 26.1. The van der Waals surface area contributed by atoms with Crippen LogP contribution in [-0.4, -0.2) is 52.7 Å². The van der Waals surface area contributed by atoms with Gasteiger partial charge in [0.15, 0.2) is 0 Å². The van der Waals surface area contributed by atoms with Gasteiger partial charge in [-0.3, -0.25) is 9.69 Å². The van der Waals surface area contributed by atoms with E-state index in [1.54, 1.807) is 4.90 Å². The van der Waals surface area contributed by atoms with Crippen LogP contribution in [0.25, 0.3) is 0 Å². The largest absolute Gasteiger partial charge is 0.447 e. The van der Waals surface area contributed by atoms with Gasteiger partial charge in [0.1, 0.15) is 18.5 Å². The number of benzene rings is 1. The molecule has 3 amide bonds. The van der Waals surface area contributed by atoms with E-state index in [1.165, 1.54) is 0 Å². The van der Waals surface area contributed by atoms with Gasteiger partial charge in [0.05, 0.1) is 24.2 Å². The van der Waals surface area contributed by atoms with Crippen LogP contribution in [0.4, 0.5) is 21.1 Å². The van der Waals surface area contributed by atoms with Gasteiger partial charge in [-0.05, 0) is 77.5 Å². The summed E-state index contributed by atoms with van der Waals surface area (Å²) in [6.07, 6.45) is 3.76. The van der Waals surface area contributed by atoms with Crippen molar-refractivity contribution in [2.24, 2.45) is 0 Å². The van der Waals surface area contributed by atoms with Crippen molar-refractivity contribution in [2.45, 2.75) is 89.3 Å². The number of amides is 3. The van der Waals surface area contributed by atoms with Gasteiger partial charge in [0.2, 0.25) is 5.91 Å². The standard InChI is InChI=1S/C28H37N5O5/c1-27(2,3)33-23(29-24(34)15-18-5-8-20(9-6-18)32-13-14-37-26(32)36)17-22(31-33)19-7-10-21(16-19)38-25(35)30-28(4)11-12-28/h5-6,8-9,17,19,21H,7,10-16H2,1-4H3,(H,29,34)(H,30,35). The van der Waals surface area contributed by atoms with Gasteiger partial charge >= 0.3 is 12.2 Å². The third kappa shape index (κ3) is 5.95. The van der Waals surface area contributed by atoms with Gasteiger partial charge in [-0.2, -0.15) is 5.10 Å². The van der Waals surface area contributed by atoms with E-state index in [0.717, 1.165) is 49.0 Å². The summed E-state index contributed by atoms with van der Waals surface area (Å²) in [5.74, 6) is 0.666. The molecule has 0 spiro atoms. The smallest absolute Gasteiger partial charge is 0.414 e. The summed E-state index contributed by atoms with van der Waals surface area (Å²) in [4.78, 5) is 38.6. The van der Waals surface area contributed by atoms with Crippen molar-refractivity contribution in [1.29, 1.82) is 0 Å². The minimum Gasteiger partial charge on any atom is -0.447 e. The summed E-state index contributed by atoms with van der Waals surface area (Å²) in [7, 11) is 0. The van der Waals surface area contributed by atoms with Crippen LogP contribution in [0.1, 0.15) is 77.0 Å². The van der Waals surface area contributed by atoms with E-state index in [9.17, 15) is 14.4 Å². The van der Waals surface area contributed by atoms with Gasteiger partial charge in [-0.15, -0.1) is 0 Å². The lowest BCUT2D eigenvalue weighted by molar-refractivity contribution is -0.115. The number of alkyl carbamates (subject to hydrolysis) is 1. The molecular weight excluding hydrogens is 486 g/mol. The van der Waals surface area contributed by atoms with Crippen LogP contribution in [0.5, 0.6) is 0 Å². The number of rotatable bonds is 7. The van der Waals surface area contributed by atoms with E-state index < -0.39 is 0 Å². The molecule has 10 heteroatoms. The molecule has 3 fully saturated rings. The number of carbonyl (C=O) groups excluding carboxylic acids is 3. The first-order valence-electron chi connectivity index (χ1n) is 13.4. The molecule has 10 nitrogen and oxygen atoms in total. The van der Waals surface area contributed by atoms with Crippen molar-refractivity contribution >= 4 is 29.6 Å². The molecule has 2 unspecified atom stereocenters. The Kier molecular flexibility index (Phi) is 6.83. The first-order valence-corrected chi connectivity index (χ1v) is 13.4. The van der Waals surface area contributed by atoms with Crippen LogP contribution in [-0.2, 0) is 26.2 Å². The summed E-state index contributed by atoms with van der Waals surface area (Å²) >= 11 is 0. The molecule has 1 aliphatic heterocycles. The monoisotopic (exact) mass is 523 g/mol.